The zero-order valence-electron chi connectivity index (χ0n) is 8.52. The van der Waals surface area contributed by atoms with Crippen molar-refractivity contribution in [3.63, 3.8) is 0 Å². The van der Waals surface area contributed by atoms with Gasteiger partial charge in [-0.15, -0.1) is 0 Å². The van der Waals surface area contributed by atoms with Gasteiger partial charge >= 0.3 is 0 Å². The van der Waals surface area contributed by atoms with Crippen LogP contribution in [0.4, 0.5) is 0 Å². The Morgan fingerprint density at radius 3 is 1.55 bits per heavy atom. The molecular formula is C8H21N3. The van der Waals surface area contributed by atoms with Crippen LogP contribution in [0.25, 0.3) is 0 Å². The molecule has 0 fully saturated rings. The highest BCUT2D eigenvalue weighted by Crippen LogP contribution is 2.19. The van der Waals surface area contributed by atoms with Gasteiger partial charge in [0.2, 0.25) is 0 Å². The molecule has 1 atom stereocenters. The van der Waals surface area contributed by atoms with Gasteiger partial charge in [-0.3, -0.25) is 4.90 Å². The Bertz CT molecular complexity index is 126. The summed E-state index contributed by atoms with van der Waals surface area (Å²) < 4.78 is 0. The van der Waals surface area contributed by atoms with Crippen LogP contribution in [-0.2, 0) is 0 Å². The molecule has 0 heterocycles. The van der Waals surface area contributed by atoms with E-state index in [2.05, 4.69) is 17.1 Å². The van der Waals surface area contributed by atoms with Gasteiger partial charge in [-0.05, 0) is 41.9 Å². The fourth-order valence-corrected chi connectivity index (χ4v) is 1.12. The molecule has 1 unspecified atom stereocenters. The van der Waals surface area contributed by atoms with E-state index in [0.717, 1.165) is 0 Å². The predicted molar refractivity (Wildman–Crippen MR) is 49.4 cm³/mol. The smallest absolute Gasteiger partial charge is 0.0855 e. The summed E-state index contributed by atoms with van der Waals surface area (Å²) in [5.74, 6) is 0. The Kier molecular flexibility index (Phi) is 3.06. The largest absolute Gasteiger partial charge is 0.323 e. The number of rotatable bonds is 3. The first kappa shape index (κ1) is 10.9. The van der Waals surface area contributed by atoms with E-state index in [4.69, 9.17) is 5.73 Å². The Hall–Kier alpha value is -0.120. The van der Waals surface area contributed by atoms with Crippen LogP contribution in [0.15, 0.2) is 0 Å². The number of hydrogen-bond acceptors (Lipinski definition) is 3. The van der Waals surface area contributed by atoms with Crippen LogP contribution in [-0.4, -0.2) is 37.2 Å². The zero-order valence-corrected chi connectivity index (χ0v) is 8.52. The molecule has 0 radical (unpaired) electrons. The number of nitrogens with one attached hydrogen (secondary N) is 1. The molecule has 0 rings (SSSR count). The number of nitrogens with zero attached hydrogens (tertiary/aromatic N) is 1. The van der Waals surface area contributed by atoms with E-state index in [1.807, 2.05) is 35.0 Å². The third-order valence-electron chi connectivity index (χ3n) is 2.64. The normalized spacial score (nSPS) is 18.5. The minimum absolute atomic E-state index is 0.160. The number of nitrogens with two attached hydrogens (primary N) is 1. The Balaban J connectivity index is 4.61. The summed E-state index contributed by atoms with van der Waals surface area (Å²) in [6, 6.07) is 0. The van der Waals surface area contributed by atoms with Gasteiger partial charge in [-0.25, -0.2) is 0 Å². The molecular weight excluding hydrogens is 138 g/mol. The Morgan fingerprint density at radius 2 is 1.55 bits per heavy atom. The van der Waals surface area contributed by atoms with E-state index < -0.39 is 0 Å². The molecule has 0 aromatic carbocycles. The lowest BCUT2D eigenvalue weighted by Gasteiger charge is -2.46. The monoisotopic (exact) mass is 159 g/mol. The quantitative estimate of drug-likeness (QED) is 0.579. The van der Waals surface area contributed by atoms with Gasteiger partial charge in [0.05, 0.1) is 5.66 Å². The maximum absolute atomic E-state index is 6.02. The lowest BCUT2D eigenvalue weighted by molar-refractivity contribution is 0.0634. The molecule has 3 heteroatoms. The average Bonchev–Trinajstić information content (AvgIpc) is 1.83. The van der Waals surface area contributed by atoms with Crippen molar-refractivity contribution in [3.05, 3.63) is 0 Å². The predicted octanol–water partition coefficient (Wildman–Crippen LogP) is 0.221. The molecule has 0 aliphatic rings. The van der Waals surface area contributed by atoms with Gasteiger partial charge in [-0.2, -0.15) is 0 Å². The molecule has 0 saturated carbocycles. The van der Waals surface area contributed by atoms with Crippen LogP contribution >= 0.6 is 0 Å². The van der Waals surface area contributed by atoms with Gasteiger partial charge in [-0.1, -0.05) is 0 Å². The summed E-state index contributed by atoms with van der Waals surface area (Å²) in [6.07, 6.45) is 0. The highest BCUT2D eigenvalue weighted by molar-refractivity contribution is 4.97. The van der Waals surface area contributed by atoms with Gasteiger partial charge in [0.15, 0.2) is 0 Å². The van der Waals surface area contributed by atoms with E-state index in [1.165, 1.54) is 0 Å². The van der Waals surface area contributed by atoms with Crippen molar-refractivity contribution in [1.29, 1.82) is 0 Å². The molecule has 0 saturated heterocycles. The Labute approximate surface area is 69.9 Å². The second kappa shape index (κ2) is 3.09. The molecule has 0 spiro atoms. The summed E-state index contributed by atoms with van der Waals surface area (Å²) in [4.78, 5) is 2.09. The van der Waals surface area contributed by atoms with Crippen molar-refractivity contribution in [2.75, 3.05) is 21.1 Å². The maximum atomic E-state index is 6.02. The lowest BCUT2D eigenvalue weighted by Crippen LogP contribution is -2.68. The van der Waals surface area contributed by atoms with Crippen molar-refractivity contribution in [3.8, 4) is 0 Å². The van der Waals surface area contributed by atoms with Crippen molar-refractivity contribution in [1.82, 2.24) is 10.2 Å². The maximum Gasteiger partial charge on any atom is 0.0855 e. The van der Waals surface area contributed by atoms with Crippen LogP contribution in [0.5, 0.6) is 0 Å². The first-order valence-electron chi connectivity index (χ1n) is 3.91. The van der Waals surface area contributed by atoms with E-state index in [1.54, 1.807) is 0 Å². The molecule has 0 aromatic rings. The summed E-state index contributed by atoms with van der Waals surface area (Å²) in [6.45, 7) is 6.12. The van der Waals surface area contributed by atoms with Crippen LogP contribution in [0.2, 0.25) is 0 Å². The molecule has 3 nitrogen and oxygen atoms in total. The van der Waals surface area contributed by atoms with Gasteiger partial charge in [0, 0.05) is 5.54 Å². The van der Waals surface area contributed by atoms with Crippen LogP contribution < -0.4 is 11.1 Å². The lowest BCUT2D eigenvalue weighted by atomic mass is 9.89. The van der Waals surface area contributed by atoms with E-state index in [9.17, 15) is 0 Å². The van der Waals surface area contributed by atoms with Gasteiger partial charge in [0.1, 0.15) is 0 Å². The molecule has 0 aromatic heterocycles. The minimum Gasteiger partial charge on any atom is -0.323 e. The molecule has 0 aliphatic carbocycles. The SMILES string of the molecule is CNC(C)(N(C)C)C(C)(C)N. The van der Waals surface area contributed by atoms with Crippen LogP contribution in [0.1, 0.15) is 20.8 Å². The van der Waals surface area contributed by atoms with Crippen molar-refractivity contribution in [2.24, 2.45) is 5.73 Å². The molecule has 68 valence electrons. The molecule has 0 amide bonds. The van der Waals surface area contributed by atoms with Gasteiger partial charge < -0.3 is 11.1 Å². The highest BCUT2D eigenvalue weighted by Gasteiger charge is 2.38. The average molecular weight is 159 g/mol. The molecule has 0 aliphatic heterocycles. The fraction of sp³-hybridized carbons (Fsp3) is 1.00. The zero-order chi connectivity index (χ0) is 9.28. The standard InChI is InChI=1S/C8H21N3/c1-7(2,9)8(3,10-4)11(5)6/h10H,9H2,1-6H3. The van der Waals surface area contributed by atoms with Gasteiger partial charge in [0.25, 0.3) is 0 Å². The minimum atomic E-state index is -0.259. The second-order valence-corrected chi connectivity index (χ2v) is 3.94. The van der Waals surface area contributed by atoms with Crippen molar-refractivity contribution < 1.29 is 0 Å². The Morgan fingerprint density at radius 1 is 1.18 bits per heavy atom. The molecule has 11 heavy (non-hydrogen) atoms. The third kappa shape index (κ3) is 1.92. The molecule has 0 bridgehead atoms. The number of hydrogen-bond donors (Lipinski definition) is 2. The first-order chi connectivity index (χ1) is 4.75. The van der Waals surface area contributed by atoms with E-state index in [0.29, 0.717) is 0 Å². The summed E-state index contributed by atoms with van der Waals surface area (Å²) in [7, 11) is 5.96. The highest BCUT2D eigenvalue weighted by atomic mass is 15.3. The fourth-order valence-electron chi connectivity index (χ4n) is 1.12. The topological polar surface area (TPSA) is 41.3 Å². The summed E-state index contributed by atoms with van der Waals surface area (Å²) in [5, 5.41) is 3.22. The number of likely N-dealkylation sites (N-methyl/N-ethyl adjacent to an activating group) is 2. The van der Waals surface area contributed by atoms with E-state index >= 15 is 0 Å². The van der Waals surface area contributed by atoms with Crippen LogP contribution in [0, 0.1) is 0 Å². The molecule has 3 N–H and O–H groups in total. The van der Waals surface area contributed by atoms with E-state index in [-0.39, 0.29) is 11.2 Å². The summed E-state index contributed by atoms with van der Waals surface area (Å²) >= 11 is 0. The third-order valence-corrected chi connectivity index (χ3v) is 2.64. The first-order valence-corrected chi connectivity index (χ1v) is 3.91. The van der Waals surface area contributed by atoms with Crippen molar-refractivity contribution in [2.45, 2.75) is 32.0 Å². The van der Waals surface area contributed by atoms with Crippen molar-refractivity contribution >= 4 is 0 Å². The summed E-state index contributed by atoms with van der Waals surface area (Å²) in [5.41, 5.74) is 5.60. The second-order valence-electron chi connectivity index (χ2n) is 3.94. The van der Waals surface area contributed by atoms with Crippen LogP contribution in [0.3, 0.4) is 0 Å².